The van der Waals surface area contributed by atoms with Gasteiger partial charge in [-0.1, -0.05) is 30.7 Å². The fourth-order valence-corrected chi connectivity index (χ4v) is 3.62. The van der Waals surface area contributed by atoms with Crippen molar-refractivity contribution in [1.82, 2.24) is 4.90 Å². The second kappa shape index (κ2) is 8.09. The lowest BCUT2D eigenvalue weighted by molar-refractivity contribution is 0.0593. The summed E-state index contributed by atoms with van der Waals surface area (Å²) in [4.78, 5) is 15.1. The predicted octanol–water partition coefficient (Wildman–Crippen LogP) is 5.11. The molecule has 0 radical (unpaired) electrons. The van der Waals surface area contributed by atoms with E-state index in [1.807, 2.05) is 55.1 Å². The maximum atomic E-state index is 13.2. The fourth-order valence-electron chi connectivity index (χ4n) is 3.35. The molecule has 0 fully saturated rings. The van der Waals surface area contributed by atoms with Crippen molar-refractivity contribution in [2.45, 2.75) is 39.4 Å². The Morgan fingerprint density at radius 1 is 1.26 bits per heavy atom. The van der Waals surface area contributed by atoms with Crippen molar-refractivity contribution in [3.05, 3.63) is 52.5 Å². The number of carbonyl (C=O) groups is 1. The van der Waals surface area contributed by atoms with Crippen LogP contribution in [0.2, 0.25) is 5.02 Å². The first-order chi connectivity index (χ1) is 13.0. The van der Waals surface area contributed by atoms with E-state index < -0.39 is 0 Å². The van der Waals surface area contributed by atoms with Crippen molar-refractivity contribution >= 4 is 23.2 Å². The highest BCUT2D eigenvalue weighted by Crippen LogP contribution is 2.41. The Morgan fingerprint density at radius 2 is 2.00 bits per heavy atom. The second-order valence-electron chi connectivity index (χ2n) is 6.53. The van der Waals surface area contributed by atoms with Gasteiger partial charge in [-0.2, -0.15) is 0 Å². The molecule has 27 heavy (non-hydrogen) atoms. The molecule has 1 heterocycles. The summed E-state index contributed by atoms with van der Waals surface area (Å²) in [7, 11) is 1.58. The van der Waals surface area contributed by atoms with E-state index in [0.29, 0.717) is 28.7 Å². The van der Waals surface area contributed by atoms with Crippen LogP contribution in [-0.4, -0.2) is 30.6 Å². The van der Waals surface area contributed by atoms with Crippen molar-refractivity contribution < 1.29 is 14.3 Å². The van der Waals surface area contributed by atoms with Gasteiger partial charge in [0.25, 0.3) is 5.91 Å². The summed E-state index contributed by atoms with van der Waals surface area (Å²) >= 11 is 6.47. The van der Waals surface area contributed by atoms with E-state index in [2.05, 4.69) is 12.2 Å². The Kier molecular flexibility index (Phi) is 5.80. The van der Waals surface area contributed by atoms with Crippen LogP contribution < -0.4 is 14.8 Å². The lowest BCUT2D eigenvalue weighted by atomic mass is 10.0. The van der Waals surface area contributed by atoms with Crippen LogP contribution >= 0.6 is 11.6 Å². The van der Waals surface area contributed by atoms with E-state index in [0.717, 1.165) is 17.7 Å². The summed E-state index contributed by atoms with van der Waals surface area (Å²) in [6, 6.07) is 11.3. The molecule has 1 aliphatic rings. The van der Waals surface area contributed by atoms with Crippen LogP contribution in [0.15, 0.2) is 36.4 Å². The molecular formula is C21H25ClN2O3. The summed E-state index contributed by atoms with van der Waals surface area (Å²) in [6.45, 7) is 6.50. The number of hydrogen-bond acceptors (Lipinski definition) is 4. The Balaban J connectivity index is 2.10. The molecule has 6 heteroatoms. The maximum Gasteiger partial charge on any atom is 0.258 e. The van der Waals surface area contributed by atoms with Gasteiger partial charge in [0, 0.05) is 17.3 Å². The quantitative estimate of drug-likeness (QED) is 0.746. The SMILES string of the molecule is CCOc1c(Cl)cc([C@@H]2Nc3ccccc3C(=O)N2[C@H](C)CC)cc1OC. The number of anilines is 1. The van der Waals surface area contributed by atoms with E-state index in [9.17, 15) is 4.79 Å². The number of halogens is 1. The number of nitrogens with zero attached hydrogens (tertiary/aromatic N) is 1. The van der Waals surface area contributed by atoms with E-state index in [-0.39, 0.29) is 18.1 Å². The molecule has 1 aliphatic heterocycles. The highest BCUT2D eigenvalue weighted by atomic mass is 35.5. The van der Waals surface area contributed by atoms with Gasteiger partial charge in [0.2, 0.25) is 0 Å². The second-order valence-corrected chi connectivity index (χ2v) is 6.94. The monoisotopic (exact) mass is 388 g/mol. The molecule has 144 valence electrons. The molecule has 5 nitrogen and oxygen atoms in total. The lowest BCUT2D eigenvalue weighted by Gasteiger charge is -2.41. The van der Waals surface area contributed by atoms with Crippen LogP contribution in [0.5, 0.6) is 11.5 Å². The Hall–Kier alpha value is -2.40. The van der Waals surface area contributed by atoms with Gasteiger partial charge in [-0.3, -0.25) is 4.79 Å². The van der Waals surface area contributed by atoms with Crippen molar-refractivity contribution in [3.8, 4) is 11.5 Å². The summed E-state index contributed by atoms with van der Waals surface area (Å²) in [5.41, 5.74) is 2.34. The van der Waals surface area contributed by atoms with Gasteiger partial charge in [0.1, 0.15) is 6.17 Å². The molecule has 3 rings (SSSR count). The van der Waals surface area contributed by atoms with Gasteiger partial charge in [-0.15, -0.1) is 0 Å². The zero-order chi connectivity index (χ0) is 19.6. The zero-order valence-electron chi connectivity index (χ0n) is 16.1. The largest absolute Gasteiger partial charge is 0.493 e. The first-order valence-corrected chi connectivity index (χ1v) is 9.58. The van der Waals surface area contributed by atoms with Crippen LogP contribution in [0, 0.1) is 0 Å². The summed E-state index contributed by atoms with van der Waals surface area (Å²) in [5, 5.41) is 3.95. The van der Waals surface area contributed by atoms with E-state index in [1.54, 1.807) is 7.11 Å². The third kappa shape index (κ3) is 3.56. The number of carbonyl (C=O) groups excluding carboxylic acids is 1. The summed E-state index contributed by atoms with van der Waals surface area (Å²) < 4.78 is 11.1. The molecule has 1 N–H and O–H groups in total. The van der Waals surface area contributed by atoms with Gasteiger partial charge >= 0.3 is 0 Å². The third-order valence-corrected chi connectivity index (χ3v) is 5.16. The number of nitrogens with one attached hydrogen (secondary N) is 1. The standard InChI is InChI=1S/C21H25ClN2O3/c1-5-13(3)24-20(23-17-10-8-7-9-15(17)21(24)25)14-11-16(22)19(27-6-2)18(12-14)26-4/h7-13,20,23H,5-6H2,1-4H3/t13-,20-/m1/s1. The van der Waals surface area contributed by atoms with Crippen molar-refractivity contribution in [1.29, 1.82) is 0 Å². The zero-order valence-corrected chi connectivity index (χ0v) is 16.8. The minimum absolute atomic E-state index is 0.00711. The first-order valence-electron chi connectivity index (χ1n) is 9.20. The maximum absolute atomic E-state index is 13.2. The molecule has 2 aromatic carbocycles. The molecule has 2 aromatic rings. The smallest absolute Gasteiger partial charge is 0.258 e. The summed E-state index contributed by atoms with van der Waals surface area (Å²) in [6.07, 6.45) is 0.498. The van der Waals surface area contributed by atoms with Gasteiger partial charge in [-0.05, 0) is 44.5 Å². The molecular weight excluding hydrogens is 364 g/mol. The molecule has 2 atom stereocenters. The normalized spacial score (nSPS) is 17.1. The molecule has 0 saturated heterocycles. The number of amides is 1. The van der Waals surface area contributed by atoms with Gasteiger partial charge in [0.05, 0.1) is 24.3 Å². The van der Waals surface area contributed by atoms with E-state index >= 15 is 0 Å². The molecule has 0 aromatic heterocycles. The van der Waals surface area contributed by atoms with Crippen molar-refractivity contribution in [2.24, 2.45) is 0 Å². The van der Waals surface area contributed by atoms with Crippen LogP contribution in [0.3, 0.4) is 0 Å². The lowest BCUT2D eigenvalue weighted by Crippen LogP contribution is -2.47. The number of rotatable bonds is 6. The van der Waals surface area contributed by atoms with E-state index in [4.69, 9.17) is 21.1 Å². The molecule has 0 saturated carbocycles. The minimum atomic E-state index is -0.343. The van der Waals surface area contributed by atoms with E-state index in [1.165, 1.54) is 0 Å². The number of para-hydroxylation sites is 1. The third-order valence-electron chi connectivity index (χ3n) is 4.88. The minimum Gasteiger partial charge on any atom is -0.493 e. The van der Waals surface area contributed by atoms with Crippen molar-refractivity contribution in [2.75, 3.05) is 19.0 Å². The van der Waals surface area contributed by atoms with Crippen LogP contribution in [-0.2, 0) is 0 Å². The Bertz CT molecular complexity index is 840. The summed E-state index contributed by atoms with van der Waals surface area (Å²) in [5.74, 6) is 1.08. The highest BCUT2D eigenvalue weighted by Gasteiger charge is 2.36. The van der Waals surface area contributed by atoms with Gasteiger partial charge in [0.15, 0.2) is 11.5 Å². The number of methoxy groups -OCH3 is 1. The molecule has 0 aliphatic carbocycles. The van der Waals surface area contributed by atoms with Crippen LogP contribution in [0.25, 0.3) is 0 Å². The Morgan fingerprint density at radius 3 is 2.67 bits per heavy atom. The van der Waals surface area contributed by atoms with Crippen LogP contribution in [0.1, 0.15) is 49.3 Å². The number of benzene rings is 2. The fraction of sp³-hybridized carbons (Fsp3) is 0.381. The Labute approximate surface area is 165 Å². The van der Waals surface area contributed by atoms with Gasteiger partial charge < -0.3 is 19.7 Å². The van der Waals surface area contributed by atoms with Crippen LogP contribution in [0.4, 0.5) is 5.69 Å². The number of hydrogen-bond donors (Lipinski definition) is 1. The van der Waals surface area contributed by atoms with Gasteiger partial charge in [-0.25, -0.2) is 0 Å². The first kappa shape index (κ1) is 19.4. The number of fused-ring (bicyclic) bond motifs is 1. The number of ether oxygens (including phenoxy) is 2. The van der Waals surface area contributed by atoms with Crippen molar-refractivity contribution in [3.63, 3.8) is 0 Å². The average Bonchev–Trinajstić information content (AvgIpc) is 2.68. The average molecular weight is 389 g/mol. The topological polar surface area (TPSA) is 50.8 Å². The highest BCUT2D eigenvalue weighted by molar-refractivity contribution is 6.32. The molecule has 0 unspecified atom stereocenters. The molecule has 0 bridgehead atoms. The molecule has 0 spiro atoms. The predicted molar refractivity (Wildman–Crippen MR) is 108 cm³/mol. The molecule has 1 amide bonds.